The van der Waals surface area contributed by atoms with Crippen LogP contribution in [0.15, 0.2) is 18.5 Å². The molecule has 2 aliphatic heterocycles. The number of nitrogens with zero attached hydrogens (tertiary/aromatic N) is 3. The molecule has 3 rings (SSSR count). The number of piperidine rings is 1. The number of hydrogen-bond acceptors (Lipinski definition) is 4. The molecule has 1 aromatic rings. The summed E-state index contributed by atoms with van der Waals surface area (Å²) in [4.78, 5) is 22.4. The highest BCUT2D eigenvalue weighted by atomic mass is 16.2. The molecule has 0 bridgehead atoms. The van der Waals surface area contributed by atoms with Crippen LogP contribution in [0.4, 0.5) is 5.95 Å². The minimum absolute atomic E-state index is 0.186. The van der Waals surface area contributed by atoms with Gasteiger partial charge in [0.2, 0.25) is 11.9 Å². The smallest absolute Gasteiger partial charge is 0.228 e. The summed E-state index contributed by atoms with van der Waals surface area (Å²) in [6.07, 6.45) is 5.74. The lowest BCUT2D eigenvalue weighted by atomic mass is 9.68. The quantitative estimate of drug-likeness (QED) is 0.812. The second-order valence-electron chi connectivity index (χ2n) is 6.05. The van der Waals surface area contributed by atoms with Crippen LogP contribution in [0, 0.1) is 11.3 Å². The van der Waals surface area contributed by atoms with E-state index >= 15 is 0 Å². The third-order valence-electron chi connectivity index (χ3n) is 4.50. The van der Waals surface area contributed by atoms with Crippen molar-refractivity contribution in [2.75, 3.05) is 18.0 Å². The van der Waals surface area contributed by atoms with Gasteiger partial charge in [0.25, 0.3) is 0 Å². The molecule has 1 amide bonds. The van der Waals surface area contributed by atoms with Crippen molar-refractivity contribution < 1.29 is 4.79 Å². The molecule has 0 spiro atoms. The molecule has 0 aliphatic carbocycles. The third-order valence-corrected chi connectivity index (χ3v) is 4.50. The second-order valence-corrected chi connectivity index (χ2v) is 6.05. The van der Waals surface area contributed by atoms with E-state index in [0.717, 1.165) is 31.9 Å². The van der Waals surface area contributed by atoms with Crippen LogP contribution in [0.1, 0.15) is 26.7 Å². The fourth-order valence-corrected chi connectivity index (χ4v) is 3.17. The Hall–Kier alpha value is -1.65. The van der Waals surface area contributed by atoms with Gasteiger partial charge >= 0.3 is 0 Å². The van der Waals surface area contributed by atoms with Gasteiger partial charge in [0.15, 0.2) is 0 Å². The van der Waals surface area contributed by atoms with Crippen LogP contribution in [0.2, 0.25) is 0 Å². The van der Waals surface area contributed by atoms with E-state index in [9.17, 15) is 4.79 Å². The van der Waals surface area contributed by atoms with E-state index in [1.54, 1.807) is 12.4 Å². The summed E-state index contributed by atoms with van der Waals surface area (Å²) in [5.74, 6) is 1.58. The highest BCUT2D eigenvalue weighted by Gasteiger charge is 2.50. The highest BCUT2D eigenvalue weighted by Crippen LogP contribution is 2.38. The van der Waals surface area contributed by atoms with Gasteiger partial charge in [0, 0.05) is 31.5 Å². The lowest BCUT2D eigenvalue weighted by Crippen LogP contribution is -2.67. The topological polar surface area (TPSA) is 58.1 Å². The van der Waals surface area contributed by atoms with Gasteiger partial charge in [-0.2, -0.15) is 0 Å². The Balaban J connectivity index is 1.60. The van der Waals surface area contributed by atoms with E-state index in [2.05, 4.69) is 20.2 Å². The fraction of sp³-hybridized carbons (Fsp3) is 0.643. The minimum atomic E-state index is -0.198. The van der Waals surface area contributed by atoms with Crippen molar-refractivity contribution in [2.45, 2.75) is 32.7 Å². The standard InChI is InChI=1S/C14H20N4O/c1-14(2)11(17-12(14)19)10-4-8-18(9-5-10)13-15-6-3-7-16-13/h3,6-7,10-11H,4-5,8-9H2,1-2H3,(H,17,19). The van der Waals surface area contributed by atoms with E-state index in [-0.39, 0.29) is 11.3 Å². The van der Waals surface area contributed by atoms with Gasteiger partial charge in [0.05, 0.1) is 5.41 Å². The number of rotatable bonds is 2. The van der Waals surface area contributed by atoms with Crippen molar-refractivity contribution in [2.24, 2.45) is 11.3 Å². The maximum absolute atomic E-state index is 11.5. The molecule has 0 saturated carbocycles. The molecule has 102 valence electrons. The van der Waals surface area contributed by atoms with E-state index in [1.807, 2.05) is 19.9 Å². The molecular formula is C14H20N4O. The number of carbonyl (C=O) groups excluding carboxylic acids is 1. The first-order valence-electron chi connectivity index (χ1n) is 6.92. The van der Waals surface area contributed by atoms with Crippen LogP contribution in [0.5, 0.6) is 0 Å². The molecule has 1 N–H and O–H groups in total. The summed E-state index contributed by atoms with van der Waals surface area (Å²) < 4.78 is 0. The zero-order valence-electron chi connectivity index (χ0n) is 11.5. The van der Waals surface area contributed by atoms with E-state index in [4.69, 9.17) is 0 Å². The molecule has 0 aromatic carbocycles. The molecule has 3 heterocycles. The van der Waals surface area contributed by atoms with Crippen LogP contribution < -0.4 is 10.2 Å². The maximum atomic E-state index is 11.5. The van der Waals surface area contributed by atoms with Gasteiger partial charge in [-0.1, -0.05) is 0 Å². The predicted molar refractivity (Wildman–Crippen MR) is 72.7 cm³/mol. The van der Waals surface area contributed by atoms with Crippen LogP contribution in [0.3, 0.4) is 0 Å². The largest absolute Gasteiger partial charge is 0.351 e. The van der Waals surface area contributed by atoms with Crippen LogP contribution >= 0.6 is 0 Å². The molecule has 1 aromatic heterocycles. The SMILES string of the molecule is CC1(C)C(=O)NC1C1CCN(c2ncccn2)CC1. The Morgan fingerprint density at radius 1 is 1.26 bits per heavy atom. The Morgan fingerprint density at radius 3 is 2.42 bits per heavy atom. The van der Waals surface area contributed by atoms with Gasteiger partial charge in [-0.25, -0.2) is 9.97 Å². The molecule has 2 fully saturated rings. The summed E-state index contributed by atoms with van der Waals surface area (Å²) in [5, 5.41) is 3.07. The molecule has 1 atom stereocenters. The molecule has 2 aliphatic rings. The minimum Gasteiger partial charge on any atom is -0.351 e. The number of aromatic nitrogens is 2. The van der Waals surface area contributed by atoms with Crippen molar-refractivity contribution in [3.05, 3.63) is 18.5 Å². The summed E-state index contributed by atoms with van der Waals surface area (Å²) in [7, 11) is 0. The zero-order chi connectivity index (χ0) is 13.5. The van der Waals surface area contributed by atoms with E-state index in [1.165, 1.54) is 0 Å². The summed E-state index contributed by atoms with van der Waals surface area (Å²) in [6, 6.07) is 2.17. The Labute approximate surface area is 113 Å². The Morgan fingerprint density at radius 2 is 1.89 bits per heavy atom. The van der Waals surface area contributed by atoms with Gasteiger partial charge < -0.3 is 10.2 Å². The number of carbonyl (C=O) groups is 1. The van der Waals surface area contributed by atoms with Crippen LogP contribution in [-0.2, 0) is 4.79 Å². The Kier molecular flexibility index (Phi) is 2.92. The summed E-state index contributed by atoms with van der Waals surface area (Å²) >= 11 is 0. The first-order valence-corrected chi connectivity index (χ1v) is 6.92. The number of amides is 1. The van der Waals surface area contributed by atoms with Gasteiger partial charge in [0.1, 0.15) is 0 Å². The second kappa shape index (κ2) is 4.47. The van der Waals surface area contributed by atoms with Crippen LogP contribution in [-0.4, -0.2) is 35.0 Å². The maximum Gasteiger partial charge on any atom is 0.228 e. The number of β-lactam (4-membered cyclic amide) rings is 1. The fourth-order valence-electron chi connectivity index (χ4n) is 3.17. The van der Waals surface area contributed by atoms with Crippen molar-refractivity contribution in [1.82, 2.24) is 15.3 Å². The molecule has 2 saturated heterocycles. The van der Waals surface area contributed by atoms with Gasteiger partial charge in [-0.05, 0) is 38.7 Å². The van der Waals surface area contributed by atoms with Crippen molar-refractivity contribution in [3.8, 4) is 0 Å². The highest BCUT2D eigenvalue weighted by molar-refractivity contribution is 5.89. The van der Waals surface area contributed by atoms with Crippen molar-refractivity contribution in [1.29, 1.82) is 0 Å². The summed E-state index contributed by atoms with van der Waals surface area (Å²) in [6.45, 7) is 6.03. The molecule has 5 heteroatoms. The number of anilines is 1. The normalized spacial score (nSPS) is 26.7. The average Bonchev–Trinajstić information content (AvgIpc) is 2.46. The lowest BCUT2D eigenvalue weighted by Gasteiger charge is -2.50. The molecule has 19 heavy (non-hydrogen) atoms. The van der Waals surface area contributed by atoms with E-state index < -0.39 is 0 Å². The van der Waals surface area contributed by atoms with Gasteiger partial charge in [-0.3, -0.25) is 4.79 Å². The lowest BCUT2D eigenvalue weighted by molar-refractivity contribution is -0.145. The monoisotopic (exact) mass is 260 g/mol. The van der Waals surface area contributed by atoms with Crippen molar-refractivity contribution in [3.63, 3.8) is 0 Å². The molecular weight excluding hydrogens is 240 g/mol. The van der Waals surface area contributed by atoms with E-state index in [0.29, 0.717) is 12.0 Å². The van der Waals surface area contributed by atoms with Crippen LogP contribution in [0.25, 0.3) is 0 Å². The third kappa shape index (κ3) is 2.07. The average molecular weight is 260 g/mol. The first kappa shape index (κ1) is 12.4. The van der Waals surface area contributed by atoms with Crippen molar-refractivity contribution >= 4 is 11.9 Å². The Bertz CT molecular complexity index is 466. The zero-order valence-corrected chi connectivity index (χ0v) is 11.5. The summed E-state index contributed by atoms with van der Waals surface area (Å²) in [5.41, 5.74) is -0.198. The number of hydrogen-bond donors (Lipinski definition) is 1. The predicted octanol–water partition coefficient (Wildman–Crippen LogP) is 1.22. The number of nitrogens with one attached hydrogen (secondary N) is 1. The van der Waals surface area contributed by atoms with Gasteiger partial charge in [-0.15, -0.1) is 0 Å². The molecule has 5 nitrogen and oxygen atoms in total. The molecule has 1 unspecified atom stereocenters. The first-order chi connectivity index (χ1) is 9.09. The molecule has 0 radical (unpaired) electrons.